The number of alkyl halides is 6. The third-order valence-electron chi connectivity index (χ3n) is 21.2. The molecule has 131 heavy (non-hydrogen) atoms. The third kappa shape index (κ3) is 25.7. The van der Waals surface area contributed by atoms with Crippen LogP contribution < -0.4 is 28.4 Å². The highest BCUT2D eigenvalue weighted by Crippen LogP contribution is 2.41. The summed E-state index contributed by atoms with van der Waals surface area (Å²) in [5.74, 6) is -3.03. The molecule has 12 rings (SSSR count). The van der Waals surface area contributed by atoms with E-state index in [0.29, 0.717) is 44.8 Å². The summed E-state index contributed by atoms with van der Waals surface area (Å²) in [6.07, 6.45) is -41.7. The molecule has 48 heteroatoms. The van der Waals surface area contributed by atoms with Crippen LogP contribution in [0, 0.1) is 25.5 Å². The first-order chi connectivity index (χ1) is 61.8. The van der Waals surface area contributed by atoms with Gasteiger partial charge in [-0.2, -0.15) is 26.3 Å². The number of aromatic nitrogens is 8. The zero-order valence-electron chi connectivity index (χ0n) is 72.3. The summed E-state index contributed by atoms with van der Waals surface area (Å²) in [6.45, 7) is 11.6. The summed E-state index contributed by atoms with van der Waals surface area (Å²) < 4.78 is 185. The average molecular weight is 1890 g/mol. The molecular weight excluding hydrogens is 1790 g/mol. The summed E-state index contributed by atoms with van der Waals surface area (Å²) in [4.78, 5) is 34.7. The molecule has 0 bridgehead atoms. The lowest BCUT2D eigenvalue weighted by Gasteiger charge is -2.39. The molecule has 8 aromatic rings. The van der Waals surface area contributed by atoms with Gasteiger partial charge in [0, 0.05) is 71.2 Å². The summed E-state index contributed by atoms with van der Waals surface area (Å²) in [5, 5.41) is 160. The number of rotatable bonds is 28. The van der Waals surface area contributed by atoms with E-state index in [0.717, 1.165) is 36.8 Å². The van der Waals surface area contributed by atoms with Crippen LogP contribution in [0.3, 0.4) is 0 Å². The summed E-state index contributed by atoms with van der Waals surface area (Å²) in [5.41, 5.74) is 2.71. The molecule has 0 amide bonds. The van der Waals surface area contributed by atoms with E-state index in [4.69, 9.17) is 61.9 Å². The van der Waals surface area contributed by atoms with E-state index in [9.17, 15) is 116 Å². The van der Waals surface area contributed by atoms with Crippen LogP contribution in [0.4, 0.5) is 44.7 Å². The number of benzene rings is 4. The van der Waals surface area contributed by atoms with Crippen molar-refractivity contribution in [3.63, 3.8) is 0 Å². The number of nitrogens with zero attached hydrogens (tertiary/aromatic N) is 6. The normalized spacial score (nSPS) is 25.5. The first-order valence-electron chi connectivity index (χ1n) is 40.3. The van der Waals surface area contributed by atoms with E-state index in [2.05, 4.69) is 29.9 Å². The smallest absolute Gasteiger partial charge is 0.497 e. The van der Waals surface area contributed by atoms with Crippen molar-refractivity contribution in [1.29, 1.82) is 0 Å². The van der Waals surface area contributed by atoms with Crippen molar-refractivity contribution in [3.8, 4) is 35.0 Å². The maximum Gasteiger partial charge on any atom is 0.508 e. The number of hydrogen-bond acceptors (Lipinski definition) is 35. The van der Waals surface area contributed by atoms with Crippen LogP contribution >= 0.6 is 11.8 Å². The Bertz CT molecular complexity index is 5050. The van der Waals surface area contributed by atoms with Crippen molar-refractivity contribution in [2.24, 2.45) is 0 Å². The Morgan fingerprint density at radius 1 is 0.473 bits per heavy atom. The van der Waals surface area contributed by atoms with Gasteiger partial charge in [0.1, 0.15) is 128 Å². The van der Waals surface area contributed by atoms with Gasteiger partial charge in [-0.25, -0.2) is 23.2 Å². The van der Waals surface area contributed by atoms with Gasteiger partial charge < -0.3 is 138 Å². The number of hydrogen-bond donors (Lipinski definition) is 16. The Labute approximate surface area is 746 Å². The Hall–Kier alpha value is -10.4. The molecular formula is C83H104F8N8O31S. The number of ether oxygens (including phenoxy) is 14. The Morgan fingerprint density at radius 3 is 1.24 bits per heavy atom. The van der Waals surface area contributed by atoms with Crippen LogP contribution in [0.2, 0.25) is 0 Å². The number of aliphatic carboxylic acids is 1. The molecule has 4 aromatic heterocycles. The lowest BCUT2D eigenvalue weighted by Crippen LogP contribution is -2.61. The third-order valence-corrected chi connectivity index (χ3v) is 22.0. The van der Waals surface area contributed by atoms with Gasteiger partial charge in [-0.1, -0.05) is 55.5 Å². The van der Waals surface area contributed by atoms with Crippen LogP contribution in [0.5, 0.6) is 35.0 Å². The maximum absolute atomic E-state index is 14.7. The van der Waals surface area contributed by atoms with Crippen LogP contribution in [-0.2, 0) is 87.1 Å². The molecule has 724 valence electrons. The van der Waals surface area contributed by atoms with Crippen LogP contribution in [0.15, 0.2) is 89.8 Å². The average Bonchev–Trinajstić information content (AvgIpc) is 1.67. The molecule has 0 saturated carbocycles. The van der Waals surface area contributed by atoms with Crippen molar-refractivity contribution < 1.29 is 187 Å². The molecule has 4 aromatic carbocycles. The van der Waals surface area contributed by atoms with E-state index in [1.807, 2.05) is 58.0 Å². The highest BCUT2D eigenvalue weighted by atomic mass is 32.2. The largest absolute Gasteiger partial charge is 0.508 e. The van der Waals surface area contributed by atoms with E-state index in [-0.39, 0.29) is 66.4 Å². The SMILES string of the molecule is CCc1ccc(Cc2c(OC3OC(C(=O)O)C(O)C(O)C3O)n[nH]c2C(F)(F)F)cc1.COC(=O)OC[C@H]1O[C@@H](Oc2nn(C(C)C)c(C)c2Cc2ccc(OC)c(F)c2)[C@H](O)[C@@H](O)[C@@H]1O.COC(=O)OC[C@H]1O[C@@H](Oc2nn(C(C)C)c(C)c2Cc2ccc(OC)cc2F)[C@H](O)[C@@H](O)[C@@H]1O.CSc1ccc(Cc2c(OC3OC(CO)C(O)C(O)C3O)n[nH]c2C(F)(F)F)cc1. The number of aryl methyl sites for hydroxylation is 1. The van der Waals surface area contributed by atoms with Crippen molar-refractivity contribution >= 4 is 30.0 Å². The minimum Gasteiger partial charge on any atom is -0.497 e. The van der Waals surface area contributed by atoms with Crippen molar-refractivity contribution in [2.75, 3.05) is 54.5 Å². The molecule has 4 aliphatic rings. The Balaban J connectivity index is 0.000000197. The van der Waals surface area contributed by atoms with Gasteiger partial charge in [0.05, 0.1) is 46.2 Å². The second-order valence-corrected chi connectivity index (χ2v) is 31.6. The standard InChI is InChI=1S/2C23H31FN2O9.C19H21F3N2O7.C18H21F3N2O6S/c1-11(2)26-12(3)15(8-13-6-7-14(31-4)9-16(13)24)21(25-26)35-22-20(29)19(28)18(27)17(34-22)10-33-23(30)32-5;1-11(2)26-12(3)14(8-13-6-7-16(31-4)15(24)9-13)21(25-26)35-22-20(29)19(28)18(27)17(34-22)10-33-23(30)32-5;1-2-8-3-5-9(6-4-8)7-10-15(19(20,21)22)23-24-16(10)31-18-13(27)11(25)12(26)14(30-18)17(28)29;1-30-9-4-2-8(3-5-9)6-10-15(18(19,20)21)22-23-16(10)29-17-14(27)13(26)12(25)11(7-24)28-17/h2*6-7,9,11,17-20,22,27-29H,8,10H2,1-5H3;3-6,11-14,18,25-27H,2,7H2,1H3,(H,23,24)(H,28,29);2-5,11-14,17,24-27H,6-7H2,1H3,(H,22,23)/t2*17-,18-,19+,20-,22+;;/m11../s1. The van der Waals surface area contributed by atoms with Gasteiger partial charge in [0.15, 0.2) is 17.7 Å². The lowest BCUT2D eigenvalue weighted by atomic mass is 9.99. The molecule has 20 atom stereocenters. The van der Waals surface area contributed by atoms with Gasteiger partial charge in [-0.15, -0.1) is 32.2 Å². The Morgan fingerprint density at radius 2 is 0.863 bits per heavy atom. The highest BCUT2D eigenvalue weighted by molar-refractivity contribution is 7.98. The predicted molar refractivity (Wildman–Crippen MR) is 434 cm³/mol. The zero-order chi connectivity index (χ0) is 96.7. The number of methoxy groups -OCH3 is 4. The first-order valence-corrected chi connectivity index (χ1v) is 41.5. The molecule has 4 saturated heterocycles. The fourth-order valence-corrected chi connectivity index (χ4v) is 14.3. The number of aliphatic hydroxyl groups is 13. The molecule has 16 N–H and O–H groups in total. The number of carboxylic acids is 1. The quantitative estimate of drug-likeness (QED) is 0.0179. The first kappa shape index (κ1) is 104. The molecule has 0 spiro atoms. The molecule has 10 unspecified atom stereocenters. The molecule has 8 heterocycles. The van der Waals surface area contributed by atoms with Crippen molar-refractivity contribution in [2.45, 2.75) is 233 Å². The Kier molecular flexibility index (Phi) is 36.5. The summed E-state index contributed by atoms with van der Waals surface area (Å²) >= 11 is 1.49. The summed E-state index contributed by atoms with van der Waals surface area (Å²) in [6, 6.07) is 22.7. The number of aliphatic hydroxyl groups excluding tert-OH is 13. The topological polar surface area (TPSA) is 557 Å². The molecule has 0 radical (unpaired) electrons. The lowest BCUT2D eigenvalue weighted by molar-refractivity contribution is -0.278. The number of carboxylic acid groups (broad SMARTS) is 1. The number of H-pyrrole nitrogens is 2. The van der Waals surface area contributed by atoms with E-state index >= 15 is 0 Å². The minimum atomic E-state index is -4.79. The number of thioether (sulfide) groups is 1. The van der Waals surface area contributed by atoms with Crippen LogP contribution in [0.1, 0.15) is 120 Å². The van der Waals surface area contributed by atoms with E-state index < -0.39 is 208 Å². The summed E-state index contributed by atoms with van der Waals surface area (Å²) in [7, 11) is 5.06. The van der Waals surface area contributed by atoms with Gasteiger partial charge in [0.2, 0.25) is 48.7 Å². The van der Waals surface area contributed by atoms with Gasteiger partial charge in [-0.3, -0.25) is 19.6 Å². The van der Waals surface area contributed by atoms with E-state index in [1.165, 1.54) is 44.2 Å². The zero-order valence-corrected chi connectivity index (χ0v) is 73.1. The van der Waals surface area contributed by atoms with E-state index in [1.54, 1.807) is 83.0 Å². The van der Waals surface area contributed by atoms with Crippen molar-refractivity contribution in [3.05, 3.63) is 169 Å². The fraction of sp³-hybridized carbons (Fsp3) is 0.530. The van der Waals surface area contributed by atoms with Crippen LogP contribution in [0.25, 0.3) is 0 Å². The number of nitrogens with one attached hydrogen (secondary N) is 2. The second-order valence-electron chi connectivity index (χ2n) is 30.7. The number of carbonyl (C=O) groups is 3. The molecule has 39 nitrogen and oxygen atoms in total. The number of carbonyl (C=O) groups excluding carboxylic acids is 2. The fourth-order valence-electron chi connectivity index (χ4n) is 13.9. The highest BCUT2D eigenvalue weighted by Gasteiger charge is 2.52. The van der Waals surface area contributed by atoms with Gasteiger partial charge in [-0.05, 0) is 112 Å². The molecule has 4 fully saturated rings. The number of halogens is 8. The maximum atomic E-state index is 14.7. The molecule has 0 aliphatic carbocycles. The molecule has 4 aliphatic heterocycles. The van der Waals surface area contributed by atoms with Crippen molar-refractivity contribution in [1.82, 2.24) is 40.0 Å². The number of aromatic amines is 2. The second kappa shape index (κ2) is 45.9. The minimum absolute atomic E-state index is 0.0375. The van der Waals surface area contributed by atoms with Crippen LogP contribution in [-0.4, -0.2) is 307 Å². The van der Waals surface area contributed by atoms with Gasteiger partial charge in [0.25, 0.3) is 0 Å². The predicted octanol–water partition coefficient (Wildman–Crippen LogP) is 4.73. The monoisotopic (exact) mass is 1890 g/mol. The van der Waals surface area contributed by atoms with Gasteiger partial charge >= 0.3 is 30.6 Å².